The van der Waals surface area contributed by atoms with Crippen molar-refractivity contribution in [1.82, 2.24) is 25.4 Å². The van der Waals surface area contributed by atoms with Gasteiger partial charge in [-0.2, -0.15) is 5.10 Å². The van der Waals surface area contributed by atoms with Crippen LogP contribution in [0.15, 0.2) is 35.3 Å². The van der Waals surface area contributed by atoms with Gasteiger partial charge < -0.3 is 15.4 Å². The molecule has 0 spiro atoms. The fourth-order valence-electron chi connectivity index (χ4n) is 3.02. The van der Waals surface area contributed by atoms with E-state index in [4.69, 9.17) is 4.74 Å². The van der Waals surface area contributed by atoms with E-state index in [1.807, 2.05) is 22.9 Å². The maximum atomic E-state index is 5.70. The van der Waals surface area contributed by atoms with Gasteiger partial charge in [-0.15, -0.1) is 0 Å². The summed E-state index contributed by atoms with van der Waals surface area (Å²) in [6.07, 6.45) is 2.86. The lowest BCUT2D eigenvalue weighted by Gasteiger charge is -2.25. The summed E-state index contributed by atoms with van der Waals surface area (Å²) < 4.78 is 7.72. The predicted molar refractivity (Wildman–Crippen MR) is 102 cm³/mol. The predicted octanol–water partition coefficient (Wildman–Crippen LogP) is 1.54. The lowest BCUT2D eigenvalue weighted by Crippen LogP contribution is -2.47. The molecule has 3 rings (SSSR count). The second kappa shape index (κ2) is 9.33. The summed E-state index contributed by atoms with van der Waals surface area (Å²) in [6.45, 7) is 4.89. The molecule has 7 heteroatoms. The average molecular weight is 356 g/mol. The number of aromatic nitrogens is 3. The molecule has 0 radical (unpaired) electrons. The molecule has 0 bridgehead atoms. The van der Waals surface area contributed by atoms with Crippen LogP contribution in [0.4, 0.5) is 0 Å². The number of rotatable bonds is 7. The average Bonchev–Trinajstić information content (AvgIpc) is 3.10. The highest BCUT2D eigenvalue weighted by Crippen LogP contribution is 2.13. The topological polar surface area (TPSA) is 76.4 Å². The van der Waals surface area contributed by atoms with Crippen LogP contribution in [0.2, 0.25) is 0 Å². The molecule has 1 atom stereocenters. The molecule has 26 heavy (non-hydrogen) atoms. The van der Waals surface area contributed by atoms with Crippen LogP contribution in [0.5, 0.6) is 0 Å². The first-order chi connectivity index (χ1) is 12.8. The zero-order valence-corrected chi connectivity index (χ0v) is 15.6. The zero-order chi connectivity index (χ0) is 18.2. The highest BCUT2D eigenvalue weighted by molar-refractivity contribution is 5.79. The largest absolute Gasteiger partial charge is 0.375 e. The van der Waals surface area contributed by atoms with Gasteiger partial charge in [-0.1, -0.05) is 37.3 Å². The van der Waals surface area contributed by atoms with Crippen molar-refractivity contribution in [3.8, 4) is 0 Å². The molecular weight excluding hydrogens is 328 g/mol. The van der Waals surface area contributed by atoms with E-state index in [0.717, 1.165) is 43.4 Å². The van der Waals surface area contributed by atoms with Gasteiger partial charge in [-0.25, -0.2) is 9.67 Å². The third-order valence-electron chi connectivity index (χ3n) is 4.43. The Hall–Kier alpha value is -2.41. The van der Waals surface area contributed by atoms with Gasteiger partial charge >= 0.3 is 0 Å². The maximum Gasteiger partial charge on any atom is 0.191 e. The normalized spacial score (nSPS) is 17.0. The van der Waals surface area contributed by atoms with Crippen molar-refractivity contribution in [3.63, 3.8) is 0 Å². The Morgan fingerprint density at radius 1 is 1.35 bits per heavy atom. The van der Waals surface area contributed by atoms with Crippen LogP contribution in [-0.2, 0) is 30.7 Å². The number of nitrogens with one attached hydrogen (secondary N) is 2. The van der Waals surface area contributed by atoms with Gasteiger partial charge in [0, 0.05) is 32.5 Å². The van der Waals surface area contributed by atoms with Crippen LogP contribution in [0.25, 0.3) is 0 Å². The molecular formula is C19H28N6O. The Morgan fingerprint density at radius 3 is 2.96 bits per heavy atom. The van der Waals surface area contributed by atoms with Gasteiger partial charge in [0.05, 0.1) is 19.8 Å². The SMILES string of the molecule is CCc1nc2n(n1)CC(NC(=NC)NCCOCc1ccccc1)CC2. The van der Waals surface area contributed by atoms with Crippen LogP contribution in [0, 0.1) is 0 Å². The highest BCUT2D eigenvalue weighted by atomic mass is 16.5. The third kappa shape index (κ3) is 5.05. The molecule has 0 saturated heterocycles. The molecule has 2 N–H and O–H groups in total. The molecule has 0 amide bonds. The summed E-state index contributed by atoms with van der Waals surface area (Å²) in [6, 6.07) is 10.5. The summed E-state index contributed by atoms with van der Waals surface area (Å²) in [5.74, 6) is 2.83. The summed E-state index contributed by atoms with van der Waals surface area (Å²) >= 11 is 0. The van der Waals surface area contributed by atoms with Crippen molar-refractivity contribution in [2.45, 2.75) is 45.4 Å². The number of aryl methyl sites for hydroxylation is 2. The molecule has 1 aliphatic heterocycles. The minimum atomic E-state index is 0.311. The summed E-state index contributed by atoms with van der Waals surface area (Å²) in [5, 5.41) is 11.3. The summed E-state index contributed by atoms with van der Waals surface area (Å²) in [4.78, 5) is 8.87. The number of hydrogen-bond acceptors (Lipinski definition) is 4. The molecule has 1 unspecified atom stereocenters. The molecule has 0 aliphatic carbocycles. The van der Waals surface area contributed by atoms with Gasteiger partial charge in [0.15, 0.2) is 11.8 Å². The minimum absolute atomic E-state index is 0.311. The molecule has 1 aromatic heterocycles. The molecule has 2 aromatic rings. The zero-order valence-electron chi connectivity index (χ0n) is 15.6. The van der Waals surface area contributed by atoms with E-state index in [2.05, 4.69) is 44.8 Å². The highest BCUT2D eigenvalue weighted by Gasteiger charge is 2.21. The summed E-state index contributed by atoms with van der Waals surface area (Å²) in [5.41, 5.74) is 1.19. The summed E-state index contributed by atoms with van der Waals surface area (Å²) in [7, 11) is 1.79. The first-order valence-electron chi connectivity index (χ1n) is 9.30. The van der Waals surface area contributed by atoms with Gasteiger partial charge in [0.25, 0.3) is 0 Å². The van der Waals surface area contributed by atoms with E-state index >= 15 is 0 Å². The van der Waals surface area contributed by atoms with Gasteiger partial charge in [-0.3, -0.25) is 4.99 Å². The van der Waals surface area contributed by atoms with Gasteiger partial charge in [0.1, 0.15) is 5.82 Å². The van der Waals surface area contributed by atoms with Crippen molar-refractivity contribution >= 4 is 5.96 Å². The molecule has 140 valence electrons. The minimum Gasteiger partial charge on any atom is -0.375 e. The number of guanidine groups is 1. The van der Waals surface area contributed by atoms with E-state index in [1.165, 1.54) is 5.56 Å². The number of aliphatic imine (C=N–C) groups is 1. The number of ether oxygens (including phenoxy) is 1. The Labute approximate surface area is 154 Å². The van der Waals surface area contributed by atoms with Crippen LogP contribution in [-0.4, -0.2) is 47.0 Å². The van der Waals surface area contributed by atoms with Gasteiger partial charge in [-0.05, 0) is 12.0 Å². The first kappa shape index (κ1) is 18.4. The molecule has 1 aliphatic rings. The molecule has 7 nitrogen and oxygen atoms in total. The smallest absolute Gasteiger partial charge is 0.191 e. The van der Waals surface area contributed by atoms with Crippen LogP contribution in [0.1, 0.15) is 30.6 Å². The number of benzene rings is 1. The molecule has 0 fully saturated rings. The van der Waals surface area contributed by atoms with E-state index in [9.17, 15) is 0 Å². The Balaban J connectivity index is 1.38. The second-order valence-electron chi connectivity index (χ2n) is 6.40. The second-order valence-corrected chi connectivity index (χ2v) is 6.40. The fourth-order valence-corrected chi connectivity index (χ4v) is 3.02. The van der Waals surface area contributed by atoms with Gasteiger partial charge in [0.2, 0.25) is 0 Å². The first-order valence-corrected chi connectivity index (χ1v) is 9.30. The number of hydrogen-bond donors (Lipinski definition) is 2. The van der Waals surface area contributed by atoms with Crippen molar-refractivity contribution < 1.29 is 4.74 Å². The third-order valence-corrected chi connectivity index (χ3v) is 4.43. The molecule has 1 aromatic carbocycles. The fraction of sp³-hybridized carbons (Fsp3) is 0.526. The maximum absolute atomic E-state index is 5.70. The van der Waals surface area contributed by atoms with E-state index in [0.29, 0.717) is 25.8 Å². The lowest BCUT2D eigenvalue weighted by molar-refractivity contribution is 0.125. The van der Waals surface area contributed by atoms with Crippen molar-refractivity contribution in [3.05, 3.63) is 47.5 Å². The lowest BCUT2D eigenvalue weighted by atomic mass is 10.1. The monoisotopic (exact) mass is 356 g/mol. The molecule has 2 heterocycles. The van der Waals surface area contributed by atoms with Crippen LogP contribution >= 0.6 is 0 Å². The number of fused-ring (bicyclic) bond motifs is 1. The Kier molecular flexibility index (Phi) is 6.60. The standard InChI is InChI=1S/C19H28N6O/c1-3-17-23-18-10-9-16(13-25(18)24-17)22-19(20-2)21-11-12-26-14-15-7-5-4-6-8-15/h4-8,16H,3,9-14H2,1-2H3,(H2,20,21,22). The molecule has 0 saturated carbocycles. The van der Waals surface area contributed by atoms with Crippen molar-refractivity contribution in [2.24, 2.45) is 4.99 Å². The van der Waals surface area contributed by atoms with E-state index in [-0.39, 0.29) is 0 Å². The van der Waals surface area contributed by atoms with Crippen LogP contribution in [0.3, 0.4) is 0 Å². The quantitative estimate of drug-likeness (QED) is 0.447. The number of nitrogens with zero attached hydrogens (tertiary/aromatic N) is 4. The van der Waals surface area contributed by atoms with E-state index in [1.54, 1.807) is 7.05 Å². The Morgan fingerprint density at radius 2 is 2.19 bits per heavy atom. The Bertz CT molecular complexity index is 712. The van der Waals surface area contributed by atoms with E-state index < -0.39 is 0 Å². The van der Waals surface area contributed by atoms with Crippen molar-refractivity contribution in [1.29, 1.82) is 0 Å². The van der Waals surface area contributed by atoms with Crippen molar-refractivity contribution in [2.75, 3.05) is 20.2 Å². The van der Waals surface area contributed by atoms with Crippen LogP contribution < -0.4 is 10.6 Å².